The van der Waals surface area contributed by atoms with Crippen LogP contribution >= 0.6 is 15.9 Å². The molecule has 0 radical (unpaired) electrons. The van der Waals surface area contributed by atoms with Crippen molar-refractivity contribution < 1.29 is 0 Å². The van der Waals surface area contributed by atoms with Gasteiger partial charge in [-0.1, -0.05) is 18.2 Å². The Morgan fingerprint density at radius 3 is 2.57 bits per heavy atom. The number of anilines is 2. The maximum Gasteiger partial charge on any atom is 0.166 e. The molecule has 0 aliphatic rings. The van der Waals surface area contributed by atoms with E-state index in [0.29, 0.717) is 0 Å². The van der Waals surface area contributed by atoms with Gasteiger partial charge in [0.2, 0.25) is 0 Å². The zero-order valence-corrected chi connectivity index (χ0v) is 9.32. The third kappa shape index (κ3) is 1.96. The average Bonchev–Trinajstić information content (AvgIpc) is 2.47. The molecule has 0 atom stereocenters. The molecule has 1 N–H and O–H groups in total. The van der Waals surface area contributed by atoms with E-state index in [9.17, 15) is 0 Å². The summed E-state index contributed by atoms with van der Waals surface area (Å²) in [6.07, 6.45) is 1.91. The van der Waals surface area contributed by atoms with Gasteiger partial charge in [-0.2, -0.15) is 5.10 Å². The van der Waals surface area contributed by atoms with Crippen LogP contribution in [-0.4, -0.2) is 9.78 Å². The fraction of sp³-hybridized carbons (Fsp3) is 0.100. The van der Waals surface area contributed by atoms with Gasteiger partial charge in [0.05, 0.1) is 4.47 Å². The van der Waals surface area contributed by atoms with Crippen molar-refractivity contribution in [3.8, 4) is 0 Å². The molecule has 2 rings (SSSR count). The normalized spacial score (nSPS) is 10.1. The second kappa shape index (κ2) is 3.84. The Morgan fingerprint density at radius 1 is 1.29 bits per heavy atom. The van der Waals surface area contributed by atoms with Gasteiger partial charge in [0.1, 0.15) is 0 Å². The Balaban J connectivity index is 2.23. The van der Waals surface area contributed by atoms with Crippen molar-refractivity contribution in [1.29, 1.82) is 0 Å². The van der Waals surface area contributed by atoms with E-state index in [1.165, 1.54) is 0 Å². The van der Waals surface area contributed by atoms with E-state index in [2.05, 4.69) is 26.3 Å². The molecule has 0 aliphatic heterocycles. The summed E-state index contributed by atoms with van der Waals surface area (Å²) < 4.78 is 2.72. The van der Waals surface area contributed by atoms with Crippen LogP contribution in [0.25, 0.3) is 0 Å². The van der Waals surface area contributed by atoms with Crippen molar-refractivity contribution in [2.75, 3.05) is 5.32 Å². The van der Waals surface area contributed by atoms with Crippen LogP contribution in [0.15, 0.2) is 41.0 Å². The first-order valence-electron chi connectivity index (χ1n) is 4.27. The number of nitrogens with one attached hydrogen (secondary N) is 1. The molecular weight excluding hydrogens is 242 g/mol. The molecule has 0 bridgehead atoms. The Kier molecular flexibility index (Phi) is 2.54. The van der Waals surface area contributed by atoms with Crippen LogP contribution < -0.4 is 5.32 Å². The first-order valence-corrected chi connectivity index (χ1v) is 5.06. The molecule has 0 amide bonds. The van der Waals surface area contributed by atoms with Crippen LogP contribution in [0.3, 0.4) is 0 Å². The number of para-hydroxylation sites is 1. The minimum atomic E-state index is 0.832. The van der Waals surface area contributed by atoms with Gasteiger partial charge in [0.25, 0.3) is 0 Å². The van der Waals surface area contributed by atoms with Crippen LogP contribution in [-0.2, 0) is 7.05 Å². The molecule has 1 aromatic carbocycles. The largest absolute Gasteiger partial charge is 0.338 e. The molecule has 3 nitrogen and oxygen atoms in total. The van der Waals surface area contributed by atoms with E-state index in [0.717, 1.165) is 16.0 Å². The van der Waals surface area contributed by atoms with Gasteiger partial charge in [-0.25, -0.2) is 0 Å². The topological polar surface area (TPSA) is 29.9 Å². The number of benzene rings is 1. The van der Waals surface area contributed by atoms with Crippen molar-refractivity contribution in [2.24, 2.45) is 7.05 Å². The molecule has 1 heterocycles. The third-order valence-electron chi connectivity index (χ3n) is 1.82. The summed E-state index contributed by atoms with van der Waals surface area (Å²) in [6, 6.07) is 9.96. The van der Waals surface area contributed by atoms with Crippen LogP contribution in [0.1, 0.15) is 0 Å². The van der Waals surface area contributed by atoms with Gasteiger partial charge in [-0.15, -0.1) is 0 Å². The van der Waals surface area contributed by atoms with Crippen molar-refractivity contribution in [3.05, 3.63) is 41.0 Å². The number of aryl methyl sites for hydroxylation is 1. The predicted molar refractivity (Wildman–Crippen MR) is 60.6 cm³/mol. The van der Waals surface area contributed by atoms with Crippen LogP contribution in [0.4, 0.5) is 11.5 Å². The minimum absolute atomic E-state index is 0.832. The van der Waals surface area contributed by atoms with Gasteiger partial charge in [-0.3, -0.25) is 4.68 Å². The lowest BCUT2D eigenvalue weighted by Crippen LogP contribution is -1.93. The van der Waals surface area contributed by atoms with E-state index < -0.39 is 0 Å². The molecular formula is C10H10BrN3. The number of aromatic nitrogens is 2. The molecule has 0 aliphatic carbocycles. The SMILES string of the molecule is Cn1cc(Br)c(Nc2ccccc2)n1. The van der Waals surface area contributed by atoms with Gasteiger partial charge >= 0.3 is 0 Å². The summed E-state index contributed by atoms with van der Waals surface area (Å²) in [5, 5.41) is 7.48. The van der Waals surface area contributed by atoms with Gasteiger partial charge < -0.3 is 5.32 Å². The average molecular weight is 252 g/mol. The van der Waals surface area contributed by atoms with E-state index in [1.54, 1.807) is 4.68 Å². The summed E-state index contributed by atoms with van der Waals surface area (Å²) in [4.78, 5) is 0. The number of nitrogens with zero attached hydrogens (tertiary/aromatic N) is 2. The van der Waals surface area contributed by atoms with Gasteiger partial charge in [-0.05, 0) is 28.1 Å². The fourth-order valence-electron chi connectivity index (χ4n) is 1.20. The monoisotopic (exact) mass is 251 g/mol. The molecule has 72 valence electrons. The molecule has 14 heavy (non-hydrogen) atoms. The van der Waals surface area contributed by atoms with Gasteiger partial charge in [0, 0.05) is 18.9 Å². The highest BCUT2D eigenvalue weighted by Gasteiger charge is 2.03. The Hall–Kier alpha value is -1.29. The van der Waals surface area contributed by atoms with E-state index in [-0.39, 0.29) is 0 Å². The van der Waals surface area contributed by atoms with Crippen molar-refractivity contribution >= 4 is 27.4 Å². The third-order valence-corrected chi connectivity index (χ3v) is 2.40. The molecule has 2 aromatic rings. The molecule has 0 saturated heterocycles. The maximum absolute atomic E-state index is 4.26. The summed E-state index contributed by atoms with van der Waals surface area (Å²) in [5.41, 5.74) is 1.03. The number of hydrogen-bond acceptors (Lipinski definition) is 2. The minimum Gasteiger partial charge on any atom is -0.338 e. The Morgan fingerprint density at radius 2 is 2.00 bits per heavy atom. The predicted octanol–water partition coefficient (Wildman–Crippen LogP) is 2.93. The number of halogens is 1. The lowest BCUT2D eigenvalue weighted by molar-refractivity contribution is 0.771. The first kappa shape index (κ1) is 9.27. The second-order valence-electron chi connectivity index (χ2n) is 2.99. The fourth-order valence-corrected chi connectivity index (χ4v) is 1.68. The first-order chi connectivity index (χ1) is 6.75. The highest BCUT2D eigenvalue weighted by Crippen LogP contribution is 2.23. The van der Waals surface area contributed by atoms with E-state index in [1.807, 2.05) is 43.6 Å². The summed E-state index contributed by atoms with van der Waals surface area (Å²) in [6.45, 7) is 0. The maximum atomic E-state index is 4.26. The van der Waals surface area contributed by atoms with Crippen molar-refractivity contribution in [3.63, 3.8) is 0 Å². The zero-order valence-electron chi connectivity index (χ0n) is 7.74. The smallest absolute Gasteiger partial charge is 0.166 e. The highest BCUT2D eigenvalue weighted by atomic mass is 79.9. The van der Waals surface area contributed by atoms with Gasteiger partial charge in [0.15, 0.2) is 5.82 Å². The quantitative estimate of drug-likeness (QED) is 0.890. The van der Waals surface area contributed by atoms with Crippen LogP contribution in [0, 0.1) is 0 Å². The molecule has 0 fully saturated rings. The Bertz CT molecular complexity index is 422. The molecule has 0 unspecified atom stereocenters. The summed E-state index contributed by atoms with van der Waals surface area (Å²) in [7, 11) is 1.89. The lowest BCUT2D eigenvalue weighted by atomic mass is 10.3. The lowest BCUT2D eigenvalue weighted by Gasteiger charge is -2.01. The van der Waals surface area contributed by atoms with E-state index >= 15 is 0 Å². The van der Waals surface area contributed by atoms with Crippen LogP contribution in [0.5, 0.6) is 0 Å². The molecule has 1 aromatic heterocycles. The number of hydrogen-bond donors (Lipinski definition) is 1. The molecule has 0 saturated carbocycles. The zero-order chi connectivity index (χ0) is 9.97. The standard InChI is InChI=1S/C10H10BrN3/c1-14-7-9(11)10(13-14)12-8-5-3-2-4-6-8/h2-7H,1H3,(H,12,13). The highest BCUT2D eigenvalue weighted by molar-refractivity contribution is 9.10. The Labute approximate surface area is 90.9 Å². The second-order valence-corrected chi connectivity index (χ2v) is 3.84. The van der Waals surface area contributed by atoms with E-state index in [4.69, 9.17) is 0 Å². The van der Waals surface area contributed by atoms with Crippen molar-refractivity contribution in [2.45, 2.75) is 0 Å². The van der Waals surface area contributed by atoms with Crippen LogP contribution in [0.2, 0.25) is 0 Å². The summed E-state index contributed by atoms with van der Waals surface area (Å²) in [5.74, 6) is 0.832. The number of rotatable bonds is 2. The summed E-state index contributed by atoms with van der Waals surface area (Å²) >= 11 is 3.43. The molecule has 0 spiro atoms. The van der Waals surface area contributed by atoms with Crippen molar-refractivity contribution in [1.82, 2.24) is 9.78 Å². The molecule has 4 heteroatoms.